The first kappa shape index (κ1) is 11.8. The zero-order valence-corrected chi connectivity index (χ0v) is 10.8. The topological polar surface area (TPSA) is 26.3 Å². The van der Waals surface area contributed by atoms with Gasteiger partial charge in [-0.15, -0.1) is 0 Å². The van der Waals surface area contributed by atoms with E-state index in [-0.39, 0.29) is 5.78 Å². The van der Waals surface area contributed by atoms with Crippen LogP contribution in [0, 0.1) is 3.57 Å². The summed E-state index contributed by atoms with van der Waals surface area (Å²) in [7, 11) is 0. The molecule has 0 saturated heterocycles. The van der Waals surface area contributed by atoms with E-state index in [9.17, 15) is 4.79 Å². The Hall–Kier alpha value is -0.290. The number of ketones is 1. The number of ether oxygens (including phenoxy) is 1. The van der Waals surface area contributed by atoms with Crippen LogP contribution in [0.2, 0.25) is 5.02 Å². The Balaban J connectivity index is 3.28. The number of hydrogen-bond acceptors (Lipinski definition) is 2. The van der Waals surface area contributed by atoms with Crippen molar-refractivity contribution < 1.29 is 9.53 Å². The van der Waals surface area contributed by atoms with Crippen LogP contribution in [0.4, 0.5) is 0 Å². The van der Waals surface area contributed by atoms with Crippen molar-refractivity contribution in [2.75, 3.05) is 6.61 Å². The number of Topliss-reactive ketones (excluding diaryl/α,β-unsaturated/α-hetero) is 1. The van der Waals surface area contributed by atoms with E-state index < -0.39 is 0 Å². The zero-order valence-electron chi connectivity index (χ0n) is 7.93. The molecule has 0 N–H and O–H groups in total. The summed E-state index contributed by atoms with van der Waals surface area (Å²) in [5.74, 6) is 0.492. The van der Waals surface area contributed by atoms with Gasteiger partial charge in [0.05, 0.1) is 17.2 Å². The SMILES string of the molecule is CCOc1cc(I)cc(Cl)c1C(C)=O. The molecule has 14 heavy (non-hydrogen) atoms. The fraction of sp³-hybridized carbons (Fsp3) is 0.300. The Morgan fingerprint density at radius 2 is 2.21 bits per heavy atom. The van der Waals surface area contributed by atoms with E-state index in [4.69, 9.17) is 16.3 Å². The van der Waals surface area contributed by atoms with Crippen molar-refractivity contribution >= 4 is 40.0 Å². The van der Waals surface area contributed by atoms with E-state index in [1.165, 1.54) is 6.92 Å². The summed E-state index contributed by atoms with van der Waals surface area (Å²) in [5, 5.41) is 0.452. The third-order valence-corrected chi connectivity index (χ3v) is 2.59. The molecule has 0 radical (unpaired) electrons. The molecule has 0 atom stereocenters. The highest BCUT2D eigenvalue weighted by atomic mass is 127. The predicted molar refractivity (Wildman–Crippen MR) is 65.3 cm³/mol. The number of carbonyl (C=O) groups excluding carboxylic acids is 1. The van der Waals surface area contributed by atoms with Crippen LogP contribution in [0.5, 0.6) is 5.75 Å². The lowest BCUT2D eigenvalue weighted by molar-refractivity contribution is 0.101. The molecule has 2 nitrogen and oxygen atoms in total. The van der Waals surface area contributed by atoms with Crippen molar-refractivity contribution in [2.24, 2.45) is 0 Å². The molecule has 0 amide bonds. The summed E-state index contributed by atoms with van der Waals surface area (Å²) in [6.07, 6.45) is 0. The van der Waals surface area contributed by atoms with E-state index in [0.717, 1.165) is 3.57 Å². The van der Waals surface area contributed by atoms with E-state index >= 15 is 0 Å². The minimum atomic E-state index is -0.0742. The number of halogens is 2. The third-order valence-electron chi connectivity index (χ3n) is 1.67. The molecule has 0 unspecified atom stereocenters. The van der Waals surface area contributed by atoms with Crippen LogP contribution in [-0.4, -0.2) is 12.4 Å². The first-order valence-corrected chi connectivity index (χ1v) is 5.64. The van der Waals surface area contributed by atoms with Crippen LogP contribution in [0.15, 0.2) is 12.1 Å². The van der Waals surface area contributed by atoms with Gasteiger partial charge < -0.3 is 4.74 Å². The van der Waals surface area contributed by atoms with Crippen LogP contribution in [-0.2, 0) is 0 Å². The molecule has 0 heterocycles. The lowest BCUT2D eigenvalue weighted by Crippen LogP contribution is -2.02. The number of carbonyl (C=O) groups is 1. The maximum absolute atomic E-state index is 11.3. The number of hydrogen-bond donors (Lipinski definition) is 0. The Bertz CT molecular complexity index is 363. The summed E-state index contributed by atoms with van der Waals surface area (Å²) in [6.45, 7) is 3.88. The van der Waals surface area contributed by atoms with Gasteiger partial charge in [-0.1, -0.05) is 11.6 Å². The monoisotopic (exact) mass is 324 g/mol. The smallest absolute Gasteiger partial charge is 0.165 e. The second-order valence-electron chi connectivity index (χ2n) is 2.75. The van der Waals surface area contributed by atoms with Crippen molar-refractivity contribution in [3.63, 3.8) is 0 Å². The minimum absolute atomic E-state index is 0.0742. The molecule has 0 aliphatic rings. The number of rotatable bonds is 3. The zero-order chi connectivity index (χ0) is 10.7. The van der Waals surface area contributed by atoms with Gasteiger partial charge in [0.1, 0.15) is 5.75 Å². The molecule has 76 valence electrons. The molecule has 0 aromatic heterocycles. The molecule has 4 heteroatoms. The van der Waals surface area contributed by atoms with Gasteiger partial charge in [-0.05, 0) is 48.6 Å². The van der Waals surface area contributed by atoms with Crippen LogP contribution in [0.3, 0.4) is 0 Å². The molecular formula is C10H10ClIO2. The van der Waals surface area contributed by atoms with Gasteiger partial charge >= 0.3 is 0 Å². The van der Waals surface area contributed by atoms with Crippen LogP contribution >= 0.6 is 34.2 Å². The van der Waals surface area contributed by atoms with Crippen LogP contribution in [0.25, 0.3) is 0 Å². The molecule has 1 rings (SSSR count). The quantitative estimate of drug-likeness (QED) is 0.628. The highest BCUT2D eigenvalue weighted by molar-refractivity contribution is 14.1. The van der Waals surface area contributed by atoms with E-state index in [2.05, 4.69) is 22.6 Å². The molecule has 0 saturated carbocycles. The van der Waals surface area contributed by atoms with Gasteiger partial charge in [0.15, 0.2) is 5.78 Å². The van der Waals surface area contributed by atoms with Gasteiger partial charge in [-0.3, -0.25) is 4.79 Å². The maximum atomic E-state index is 11.3. The standard InChI is InChI=1S/C10H10ClIO2/c1-3-14-9-5-7(12)4-8(11)10(9)6(2)13/h4-5H,3H2,1-2H3. The Kier molecular flexibility index (Phi) is 4.19. The molecule has 1 aromatic rings. The molecule has 1 aromatic carbocycles. The van der Waals surface area contributed by atoms with Crippen molar-refractivity contribution in [2.45, 2.75) is 13.8 Å². The summed E-state index contributed by atoms with van der Waals surface area (Å²) >= 11 is 8.09. The lowest BCUT2D eigenvalue weighted by Gasteiger charge is -2.09. The highest BCUT2D eigenvalue weighted by Crippen LogP contribution is 2.29. The Labute approximate surface area is 102 Å². The Morgan fingerprint density at radius 1 is 1.57 bits per heavy atom. The van der Waals surface area contributed by atoms with Crippen LogP contribution < -0.4 is 4.74 Å². The van der Waals surface area contributed by atoms with Crippen molar-refractivity contribution in [3.05, 3.63) is 26.3 Å². The Morgan fingerprint density at radius 3 is 2.71 bits per heavy atom. The van der Waals surface area contributed by atoms with Gasteiger partial charge in [0.25, 0.3) is 0 Å². The van der Waals surface area contributed by atoms with Gasteiger partial charge in [-0.2, -0.15) is 0 Å². The largest absolute Gasteiger partial charge is 0.493 e. The normalized spacial score (nSPS) is 10.0. The summed E-state index contributed by atoms with van der Waals surface area (Å²) < 4.78 is 6.31. The molecule has 0 aliphatic carbocycles. The van der Waals surface area contributed by atoms with Crippen molar-refractivity contribution in [1.29, 1.82) is 0 Å². The average Bonchev–Trinajstić information content (AvgIpc) is 2.01. The summed E-state index contributed by atoms with van der Waals surface area (Å²) in [4.78, 5) is 11.3. The molecule has 0 spiro atoms. The molecule has 0 aliphatic heterocycles. The molecule has 0 fully saturated rings. The van der Waals surface area contributed by atoms with Crippen molar-refractivity contribution in [3.8, 4) is 5.75 Å². The van der Waals surface area contributed by atoms with Gasteiger partial charge in [0.2, 0.25) is 0 Å². The van der Waals surface area contributed by atoms with E-state index in [1.807, 2.05) is 13.0 Å². The lowest BCUT2D eigenvalue weighted by atomic mass is 10.1. The third kappa shape index (κ3) is 2.60. The number of benzene rings is 1. The second-order valence-corrected chi connectivity index (χ2v) is 4.40. The summed E-state index contributed by atoms with van der Waals surface area (Å²) in [5.41, 5.74) is 0.467. The first-order chi connectivity index (χ1) is 6.56. The average molecular weight is 325 g/mol. The van der Waals surface area contributed by atoms with Crippen LogP contribution in [0.1, 0.15) is 24.2 Å². The predicted octanol–water partition coefficient (Wildman–Crippen LogP) is 3.55. The fourth-order valence-electron chi connectivity index (χ4n) is 1.16. The summed E-state index contributed by atoms with van der Waals surface area (Å²) in [6, 6.07) is 3.56. The van der Waals surface area contributed by atoms with Gasteiger partial charge in [0, 0.05) is 3.57 Å². The van der Waals surface area contributed by atoms with Crippen molar-refractivity contribution in [1.82, 2.24) is 0 Å². The maximum Gasteiger partial charge on any atom is 0.165 e. The molecular weight excluding hydrogens is 314 g/mol. The molecule has 0 bridgehead atoms. The highest BCUT2D eigenvalue weighted by Gasteiger charge is 2.13. The fourth-order valence-corrected chi connectivity index (χ4v) is 2.28. The van der Waals surface area contributed by atoms with E-state index in [0.29, 0.717) is 22.9 Å². The van der Waals surface area contributed by atoms with Gasteiger partial charge in [-0.25, -0.2) is 0 Å². The minimum Gasteiger partial charge on any atom is -0.493 e. The van der Waals surface area contributed by atoms with E-state index in [1.54, 1.807) is 6.07 Å². The second kappa shape index (κ2) is 4.98. The first-order valence-electron chi connectivity index (χ1n) is 4.19.